The van der Waals surface area contributed by atoms with Gasteiger partial charge in [-0.25, -0.2) is 4.79 Å². The van der Waals surface area contributed by atoms with Crippen LogP contribution in [0.5, 0.6) is 0 Å². The summed E-state index contributed by atoms with van der Waals surface area (Å²) in [7, 11) is 0. The van der Waals surface area contributed by atoms with Gasteiger partial charge in [0.15, 0.2) is 0 Å². The Labute approximate surface area is 155 Å². The minimum Gasteiger partial charge on any atom is -0.545 e. The maximum absolute atomic E-state index is 12.0. The smallest absolute Gasteiger partial charge is 0.545 e. The second-order valence-electron chi connectivity index (χ2n) is 4.04. The first-order valence-electron chi connectivity index (χ1n) is 5.77. The standard InChI is InChI=1S/C15H10O6.2Li/c1-2-21-15(20)12-9-6-4-3-5-8(9)7-10(13(16)17)11(12)14(18)19;;/h2-7H,1H2,(H,16,17)(H,18,19);;/q;2*+1/p-2. The average Bonchev–Trinajstić information content (AvgIpc) is 2.45. The summed E-state index contributed by atoms with van der Waals surface area (Å²) < 4.78 is 4.58. The van der Waals surface area contributed by atoms with Gasteiger partial charge in [0.1, 0.15) is 0 Å². The first-order chi connectivity index (χ1) is 9.97. The van der Waals surface area contributed by atoms with E-state index in [1.54, 1.807) is 12.1 Å². The second-order valence-corrected chi connectivity index (χ2v) is 4.04. The van der Waals surface area contributed by atoms with Crippen molar-refractivity contribution in [3.8, 4) is 0 Å². The van der Waals surface area contributed by atoms with Crippen molar-refractivity contribution in [3.63, 3.8) is 0 Å². The summed E-state index contributed by atoms with van der Waals surface area (Å²) in [6.45, 7) is 3.20. The summed E-state index contributed by atoms with van der Waals surface area (Å²) in [5.41, 5.74) is -1.84. The Balaban J connectivity index is 0.00000242. The van der Waals surface area contributed by atoms with Crippen molar-refractivity contribution in [1.82, 2.24) is 0 Å². The minimum absolute atomic E-state index is 0. The third-order valence-electron chi connectivity index (χ3n) is 2.87. The second kappa shape index (κ2) is 8.62. The van der Waals surface area contributed by atoms with Gasteiger partial charge in [0.05, 0.1) is 23.8 Å². The predicted molar refractivity (Wildman–Crippen MR) is 68.2 cm³/mol. The Morgan fingerprint density at radius 2 is 1.61 bits per heavy atom. The maximum Gasteiger partial charge on any atom is 1.00 e. The van der Waals surface area contributed by atoms with Crippen LogP contribution in [0.4, 0.5) is 0 Å². The zero-order valence-corrected chi connectivity index (χ0v) is 12.6. The number of carbonyl (C=O) groups is 3. The van der Waals surface area contributed by atoms with Gasteiger partial charge < -0.3 is 24.5 Å². The number of hydrogen-bond acceptors (Lipinski definition) is 6. The van der Waals surface area contributed by atoms with Crippen LogP contribution in [0.15, 0.2) is 43.2 Å². The molecule has 6 nitrogen and oxygen atoms in total. The number of carboxylic acids is 2. The molecule has 0 aliphatic rings. The van der Waals surface area contributed by atoms with Crippen LogP contribution in [0.1, 0.15) is 31.1 Å². The minimum atomic E-state index is -1.81. The first kappa shape index (κ1) is 21.0. The van der Waals surface area contributed by atoms with E-state index in [1.165, 1.54) is 12.1 Å². The number of carboxylic acid groups (broad SMARTS) is 2. The van der Waals surface area contributed by atoms with Gasteiger partial charge in [-0.3, -0.25) is 0 Å². The molecular formula is C15H8Li2O6. The van der Waals surface area contributed by atoms with Gasteiger partial charge in [0.2, 0.25) is 0 Å². The molecule has 0 spiro atoms. The Kier molecular flexibility index (Phi) is 7.89. The Morgan fingerprint density at radius 3 is 2.13 bits per heavy atom. The van der Waals surface area contributed by atoms with E-state index in [0.717, 1.165) is 12.3 Å². The molecule has 2 aromatic carbocycles. The summed E-state index contributed by atoms with van der Waals surface area (Å²) in [6.07, 6.45) is 0.821. The molecule has 0 N–H and O–H groups in total. The van der Waals surface area contributed by atoms with Crippen LogP contribution in [0, 0.1) is 0 Å². The third-order valence-corrected chi connectivity index (χ3v) is 2.87. The first-order valence-corrected chi connectivity index (χ1v) is 5.77. The molecular weight excluding hydrogens is 290 g/mol. The van der Waals surface area contributed by atoms with Crippen LogP contribution in [0.3, 0.4) is 0 Å². The van der Waals surface area contributed by atoms with Crippen molar-refractivity contribution in [1.29, 1.82) is 0 Å². The van der Waals surface area contributed by atoms with Gasteiger partial charge in [-0.2, -0.15) is 0 Å². The molecule has 0 heterocycles. The molecule has 0 aliphatic heterocycles. The zero-order valence-electron chi connectivity index (χ0n) is 12.6. The number of hydrogen-bond donors (Lipinski definition) is 0. The van der Waals surface area contributed by atoms with E-state index in [9.17, 15) is 24.6 Å². The molecule has 23 heavy (non-hydrogen) atoms. The molecule has 0 bridgehead atoms. The van der Waals surface area contributed by atoms with Crippen LogP contribution in [0.25, 0.3) is 10.8 Å². The summed E-state index contributed by atoms with van der Waals surface area (Å²) in [6, 6.07) is 7.31. The Morgan fingerprint density at radius 1 is 1.00 bits per heavy atom. The topological polar surface area (TPSA) is 107 Å². The normalized spacial score (nSPS) is 9.22. The average molecular weight is 298 g/mol. The van der Waals surface area contributed by atoms with Gasteiger partial charge >= 0.3 is 43.7 Å². The van der Waals surface area contributed by atoms with Crippen molar-refractivity contribution in [2.24, 2.45) is 0 Å². The number of aromatic carboxylic acids is 2. The van der Waals surface area contributed by atoms with Crippen molar-refractivity contribution < 1.29 is 67.1 Å². The molecule has 8 heteroatoms. The molecule has 0 unspecified atom stereocenters. The molecule has 106 valence electrons. The van der Waals surface area contributed by atoms with Gasteiger partial charge in [0.25, 0.3) is 0 Å². The SMILES string of the molecule is C=COC(=O)c1c(C(=O)[O-])c(C(=O)[O-])cc2ccccc12.[Li+].[Li+]. The number of benzene rings is 2. The number of carbonyl (C=O) groups excluding carboxylic acids is 3. The van der Waals surface area contributed by atoms with Gasteiger partial charge in [0, 0.05) is 11.1 Å². The third kappa shape index (κ3) is 4.07. The number of esters is 1. The fourth-order valence-electron chi connectivity index (χ4n) is 2.07. The van der Waals surface area contributed by atoms with Crippen molar-refractivity contribution in [3.05, 3.63) is 59.9 Å². The van der Waals surface area contributed by atoms with E-state index < -0.39 is 34.6 Å². The van der Waals surface area contributed by atoms with E-state index in [1.807, 2.05) is 0 Å². The van der Waals surface area contributed by atoms with E-state index >= 15 is 0 Å². The van der Waals surface area contributed by atoms with E-state index in [4.69, 9.17) is 0 Å². The van der Waals surface area contributed by atoms with Crippen LogP contribution < -0.4 is 47.9 Å². The van der Waals surface area contributed by atoms with Crippen LogP contribution in [-0.2, 0) is 4.74 Å². The summed E-state index contributed by atoms with van der Waals surface area (Å²) in [5, 5.41) is 23.0. The molecule has 0 amide bonds. The van der Waals surface area contributed by atoms with Crippen LogP contribution in [0.2, 0.25) is 0 Å². The quantitative estimate of drug-likeness (QED) is 0.316. The molecule has 2 rings (SSSR count). The summed E-state index contributed by atoms with van der Waals surface area (Å²) in [5.74, 6) is -4.58. The maximum atomic E-state index is 12.0. The van der Waals surface area contributed by atoms with Crippen molar-refractivity contribution in [2.75, 3.05) is 0 Å². The molecule has 0 fully saturated rings. The molecule has 0 radical (unpaired) electrons. The molecule has 0 aliphatic carbocycles. The van der Waals surface area contributed by atoms with Crippen molar-refractivity contribution in [2.45, 2.75) is 0 Å². The van der Waals surface area contributed by atoms with E-state index in [2.05, 4.69) is 11.3 Å². The molecule has 0 saturated carbocycles. The molecule has 0 atom stereocenters. The Bertz CT molecular complexity index is 785. The number of ether oxygens (including phenoxy) is 1. The van der Waals surface area contributed by atoms with Gasteiger partial charge in [-0.05, 0) is 16.8 Å². The largest absolute Gasteiger partial charge is 1.00 e. The zero-order chi connectivity index (χ0) is 15.6. The summed E-state index contributed by atoms with van der Waals surface area (Å²) >= 11 is 0. The molecule has 0 aromatic heterocycles. The Hall–Kier alpha value is -1.96. The number of rotatable bonds is 4. The molecule has 0 saturated heterocycles. The monoisotopic (exact) mass is 298 g/mol. The van der Waals surface area contributed by atoms with Gasteiger partial charge in [-0.15, -0.1) is 0 Å². The summed E-state index contributed by atoms with van der Waals surface area (Å²) in [4.78, 5) is 34.4. The van der Waals surface area contributed by atoms with E-state index in [0.29, 0.717) is 5.39 Å². The molecule has 2 aromatic rings. The van der Waals surface area contributed by atoms with Crippen LogP contribution in [-0.4, -0.2) is 17.9 Å². The predicted octanol–water partition coefficient (Wildman–Crippen LogP) is -6.12. The fraction of sp³-hybridized carbons (Fsp3) is 0. The fourth-order valence-corrected chi connectivity index (χ4v) is 2.07. The van der Waals surface area contributed by atoms with E-state index in [-0.39, 0.29) is 43.1 Å². The van der Waals surface area contributed by atoms with Crippen LogP contribution >= 0.6 is 0 Å². The van der Waals surface area contributed by atoms with Crippen molar-refractivity contribution >= 4 is 28.7 Å². The number of fused-ring (bicyclic) bond motifs is 1. The van der Waals surface area contributed by atoms with Gasteiger partial charge in [-0.1, -0.05) is 30.8 Å².